The smallest absolute Gasteiger partial charge is 0.269 e. The van der Waals surface area contributed by atoms with Gasteiger partial charge in [-0.3, -0.25) is 60.3 Å². The van der Waals surface area contributed by atoms with Crippen LogP contribution in [0.1, 0.15) is 72.1 Å². The first-order valence-electron chi connectivity index (χ1n) is 15.5. The molecule has 0 radical (unpaired) electrons. The zero-order valence-corrected chi connectivity index (χ0v) is 31.2. The van der Waals surface area contributed by atoms with E-state index in [0.717, 1.165) is 23.5 Å². The van der Waals surface area contributed by atoms with Crippen LogP contribution in [0.2, 0.25) is 10.0 Å². The number of thioether (sulfide) groups is 2. The van der Waals surface area contributed by atoms with Gasteiger partial charge in [0.25, 0.3) is 23.6 Å². The molecule has 0 atom stereocenters. The molecule has 0 spiro atoms. The van der Waals surface area contributed by atoms with E-state index in [1.165, 1.54) is 21.9 Å². The van der Waals surface area contributed by atoms with Crippen LogP contribution in [0.25, 0.3) is 0 Å². The van der Waals surface area contributed by atoms with Crippen molar-refractivity contribution in [3.8, 4) is 0 Å². The van der Waals surface area contributed by atoms with E-state index in [2.05, 4.69) is 21.7 Å². The lowest BCUT2D eigenvalue weighted by Crippen LogP contribution is -2.41. The Morgan fingerprint density at radius 1 is 0.600 bits per heavy atom. The molecule has 2 aromatic carbocycles. The van der Waals surface area contributed by atoms with Gasteiger partial charge in [0.05, 0.1) is 9.81 Å². The summed E-state index contributed by atoms with van der Waals surface area (Å²) in [6.07, 6.45) is 3.81. The number of nitrogens with one attached hydrogen (secondary N) is 4. The van der Waals surface area contributed by atoms with Crippen LogP contribution >= 0.6 is 71.2 Å². The van der Waals surface area contributed by atoms with Gasteiger partial charge in [-0.05, 0) is 62.1 Å². The normalized spacial score (nSPS) is 15.8. The molecule has 4 rings (SSSR count). The van der Waals surface area contributed by atoms with Crippen molar-refractivity contribution in [1.29, 1.82) is 0 Å². The van der Waals surface area contributed by atoms with Crippen molar-refractivity contribution in [2.75, 3.05) is 13.1 Å². The van der Waals surface area contributed by atoms with Gasteiger partial charge >= 0.3 is 0 Å². The third kappa shape index (κ3) is 11.2. The van der Waals surface area contributed by atoms with Crippen LogP contribution < -0.4 is 21.7 Å². The Morgan fingerprint density at radius 2 is 1.00 bits per heavy atom. The van der Waals surface area contributed by atoms with E-state index in [1.54, 1.807) is 36.4 Å². The minimum absolute atomic E-state index is 0.174. The molecule has 0 bridgehead atoms. The summed E-state index contributed by atoms with van der Waals surface area (Å²) in [4.78, 5) is 78.4. The number of amides is 6. The number of thiocarbonyl (C=S) groups is 2. The Hall–Kier alpha value is -3.54. The molecule has 0 saturated carbocycles. The SMILES string of the molecule is O=C(CCCCCN1C(=O)C(=C2SC(=S)N(CCCCCC(=O)NNC(=O)c3cccc(Cl)c3)C2=O)SC1=S)NNC(=O)c1cccc(Cl)c1. The summed E-state index contributed by atoms with van der Waals surface area (Å²) in [5.41, 5.74) is 10.1. The Labute approximate surface area is 317 Å². The van der Waals surface area contributed by atoms with Gasteiger partial charge < -0.3 is 0 Å². The molecule has 0 aromatic heterocycles. The van der Waals surface area contributed by atoms with Crippen LogP contribution in [0.5, 0.6) is 0 Å². The first kappa shape index (κ1) is 39.2. The summed E-state index contributed by atoms with van der Waals surface area (Å²) in [5.74, 6) is -2.37. The fourth-order valence-corrected chi connectivity index (χ4v) is 7.85. The second-order valence-electron chi connectivity index (χ2n) is 11.0. The topological polar surface area (TPSA) is 157 Å². The zero-order chi connectivity index (χ0) is 36.2. The fourth-order valence-electron chi connectivity index (χ4n) is 4.70. The first-order chi connectivity index (χ1) is 23.9. The van der Waals surface area contributed by atoms with Crippen molar-refractivity contribution in [2.45, 2.75) is 51.4 Å². The Morgan fingerprint density at radius 3 is 1.38 bits per heavy atom. The highest BCUT2D eigenvalue weighted by atomic mass is 35.5. The van der Waals surface area contributed by atoms with Crippen LogP contribution in [0.15, 0.2) is 58.3 Å². The van der Waals surface area contributed by atoms with E-state index >= 15 is 0 Å². The number of carbonyl (C=O) groups excluding carboxylic acids is 6. The quantitative estimate of drug-likeness (QED) is 0.0861. The Balaban J connectivity index is 1.12. The predicted octanol–water partition coefficient (Wildman–Crippen LogP) is 5.27. The van der Waals surface area contributed by atoms with Gasteiger partial charge in [-0.15, -0.1) is 0 Å². The summed E-state index contributed by atoms with van der Waals surface area (Å²) >= 11 is 24.8. The van der Waals surface area contributed by atoms with Crippen molar-refractivity contribution in [3.63, 3.8) is 0 Å². The second-order valence-corrected chi connectivity index (χ2v) is 15.1. The Bertz CT molecular complexity index is 1620. The molecule has 2 saturated heterocycles. The molecule has 50 heavy (non-hydrogen) atoms. The fraction of sp³-hybridized carbons (Fsp3) is 0.312. The van der Waals surface area contributed by atoms with E-state index in [0.29, 0.717) is 81.4 Å². The molecule has 0 unspecified atom stereocenters. The van der Waals surface area contributed by atoms with Crippen LogP contribution in [-0.4, -0.2) is 67.0 Å². The van der Waals surface area contributed by atoms with E-state index < -0.39 is 11.8 Å². The maximum Gasteiger partial charge on any atom is 0.269 e. The van der Waals surface area contributed by atoms with Gasteiger partial charge in [0.15, 0.2) is 0 Å². The van der Waals surface area contributed by atoms with Crippen molar-refractivity contribution >= 4 is 115 Å². The monoisotopic (exact) mass is 794 g/mol. The van der Waals surface area contributed by atoms with E-state index in [4.69, 9.17) is 47.6 Å². The number of hydrogen-bond acceptors (Lipinski definition) is 10. The molecular weight excluding hydrogens is 764 g/mol. The van der Waals surface area contributed by atoms with Gasteiger partial charge in [-0.25, -0.2) is 0 Å². The number of benzene rings is 2. The molecule has 2 fully saturated rings. The highest BCUT2D eigenvalue weighted by Crippen LogP contribution is 2.42. The van der Waals surface area contributed by atoms with E-state index in [-0.39, 0.29) is 46.3 Å². The molecule has 2 aromatic rings. The summed E-state index contributed by atoms with van der Waals surface area (Å²) in [6, 6.07) is 12.7. The average molecular weight is 796 g/mol. The third-order valence-corrected chi connectivity index (χ3v) is 10.8. The van der Waals surface area contributed by atoms with Gasteiger partial charge in [-0.2, -0.15) is 0 Å². The molecule has 2 aliphatic rings. The zero-order valence-electron chi connectivity index (χ0n) is 26.4. The predicted molar refractivity (Wildman–Crippen MR) is 202 cm³/mol. The molecule has 4 N–H and O–H groups in total. The largest absolute Gasteiger partial charge is 0.293 e. The molecule has 2 heterocycles. The van der Waals surface area contributed by atoms with Gasteiger partial charge in [0.2, 0.25) is 11.8 Å². The van der Waals surface area contributed by atoms with Crippen LogP contribution in [0, 0.1) is 0 Å². The van der Waals surface area contributed by atoms with Gasteiger partial charge in [0, 0.05) is 47.1 Å². The van der Waals surface area contributed by atoms with Gasteiger partial charge in [-0.1, -0.05) is 96.1 Å². The van der Waals surface area contributed by atoms with E-state index in [9.17, 15) is 28.8 Å². The molecule has 0 aliphatic carbocycles. The number of halogens is 2. The summed E-state index contributed by atoms with van der Waals surface area (Å²) < 4.78 is 0.692. The minimum Gasteiger partial charge on any atom is -0.293 e. The number of hydrogen-bond donors (Lipinski definition) is 4. The Kier molecular flexibility index (Phi) is 15.1. The van der Waals surface area contributed by atoms with Crippen LogP contribution in [0.3, 0.4) is 0 Å². The molecule has 18 heteroatoms. The van der Waals surface area contributed by atoms with E-state index in [1.807, 2.05) is 0 Å². The second kappa shape index (κ2) is 19.2. The average Bonchev–Trinajstić information content (AvgIpc) is 3.53. The van der Waals surface area contributed by atoms with Gasteiger partial charge in [0.1, 0.15) is 8.64 Å². The lowest BCUT2D eigenvalue weighted by atomic mass is 10.2. The highest BCUT2D eigenvalue weighted by Gasteiger charge is 2.41. The lowest BCUT2D eigenvalue weighted by Gasteiger charge is -2.14. The first-order valence-corrected chi connectivity index (χ1v) is 18.7. The number of unbranched alkanes of at least 4 members (excludes halogenated alkanes) is 4. The van der Waals surface area contributed by atoms with Crippen molar-refractivity contribution < 1.29 is 28.8 Å². The molecule has 2 aliphatic heterocycles. The van der Waals surface area contributed by atoms with Crippen molar-refractivity contribution in [3.05, 3.63) is 79.5 Å². The molecule has 12 nitrogen and oxygen atoms in total. The maximum absolute atomic E-state index is 13.2. The number of hydrazine groups is 2. The summed E-state index contributed by atoms with van der Waals surface area (Å²) in [6.45, 7) is 0.666. The minimum atomic E-state index is -0.482. The van der Waals surface area contributed by atoms with Crippen molar-refractivity contribution in [1.82, 2.24) is 31.5 Å². The third-order valence-electron chi connectivity index (χ3n) is 7.28. The molecule has 264 valence electrons. The number of carbonyl (C=O) groups is 6. The number of rotatable bonds is 14. The molecule has 6 amide bonds. The van der Waals surface area contributed by atoms with Crippen molar-refractivity contribution in [2.24, 2.45) is 0 Å². The van der Waals surface area contributed by atoms with Crippen LogP contribution in [-0.2, 0) is 19.2 Å². The number of nitrogens with zero attached hydrogens (tertiary/aromatic N) is 2. The van der Waals surface area contributed by atoms with Crippen LogP contribution in [0.4, 0.5) is 0 Å². The lowest BCUT2D eigenvalue weighted by molar-refractivity contribution is -0.124. The summed E-state index contributed by atoms with van der Waals surface area (Å²) in [5, 5.41) is 0.816. The maximum atomic E-state index is 13.2. The summed E-state index contributed by atoms with van der Waals surface area (Å²) in [7, 11) is 0. The standard InChI is InChI=1S/C32H32Cl2N6O6S4/c33-21-11-7-9-19(17-21)27(43)37-35-23(41)13-3-1-5-15-39-29(45)25(49-31(39)47)26-30(46)40(32(48)50-26)16-6-2-4-14-24(42)36-38-28(44)20-10-8-12-22(34)18-20/h7-12,17-18H,1-6,13-16H2,(H,35,41)(H,36,42)(H,37,43)(H,38,44). The highest BCUT2D eigenvalue weighted by molar-refractivity contribution is 8.29. The molecular formula is C32H32Cl2N6O6S4.